The third-order valence-electron chi connectivity index (χ3n) is 5.09. The molecule has 0 amide bonds. The van der Waals surface area contributed by atoms with Crippen molar-refractivity contribution in [3.05, 3.63) is 31.7 Å². The van der Waals surface area contributed by atoms with Crippen LogP contribution in [0.15, 0.2) is 28.1 Å². The van der Waals surface area contributed by atoms with E-state index in [1.807, 2.05) is 0 Å². The SMILES string of the molecule is CCCCCCCCCC(=O)c1cc2c3cc[se]c3c3[se]ccc3c2[te]1. The molecule has 4 heteroatoms. The average Bonchev–Trinajstić information content (AvgIpc) is 3.37. The molecule has 0 aliphatic rings. The summed E-state index contributed by atoms with van der Waals surface area (Å²) in [6.07, 6.45) is 9.72. The number of unbranched alkanes of at least 4 members (excludes halogenated alkanes) is 6. The van der Waals surface area contributed by atoms with Gasteiger partial charge in [0.05, 0.1) is 0 Å². The van der Waals surface area contributed by atoms with Gasteiger partial charge in [-0.15, -0.1) is 0 Å². The van der Waals surface area contributed by atoms with Crippen molar-refractivity contribution >= 4 is 83.3 Å². The van der Waals surface area contributed by atoms with Gasteiger partial charge in [-0.25, -0.2) is 0 Å². The van der Waals surface area contributed by atoms with Gasteiger partial charge in [-0.05, 0) is 0 Å². The summed E-state index contributed by atoms with van der Waals surface area (Å²) in [6.45, 7) is 2.26. The van der Waals surface area contributed by atoms with E-state index in [0.29, 0.717) is 34.8 Å². The fourth-order valence-corrected chi connectivity index (χ4v) is 12.1. The molecule has 26 heavy (non-hydrogen) atoms. The van der Waals surface area contributed by atoms with E-state index in [0.717, 1.165) is 12.8 Å². The molecular weight excluding hydrogens is 566 g/mol. The van der Waals surface area contributed by atoms with Crippen molar-refractivity contribution < 1.29 is 4.79 Å². The van der Waals surface area contributed by atoms with Gasteiger partial charge in [0, 0.05) is 0 Å². The van der Waals surface area contributed by atoms with Crippen LogP contribution in [0.3, 0.4) is 0 Å². The number of hydrogen-bond donors (Lipinski definition) is 0. The molecule has 0 saturated heterocycles. The van der Waals surface area contributed by atoms with Crippen molar-refractivity contribution in [1.82, 2.24) is 0 Å². The maximum absolute atomic E-state index is 12.8. The first-order chi connectivity index (χ1) is 12.8. The Balaban J connectivity index is 1.50. The van der Waals surface area contributed by atoms with Crippen molar-refractivity contribution in [1.29, 1.82) is 0 Å². The number of benzene rings is 1. The van der Waals surface area contributed by atoms with Crippen LogP contribution >= 0.6 is 0 Å². The molecule has 0 aliphatic heterocycles. The van der Waals surface area contributed by atoms with Gasteiger partial charge in [-0.3, -0.25) is 0 Å². The van der Waals surface area contributed by atoms with Gasteiger partial charge in [0.2, 0.25) is 0 Å². The molecule has 3 heterocycles. The Morgan fingerprint density at radius 1 is 0.885 bits per heavy atom. The van der Waals surface area contributed by atoms with Gasteiger partial charge in [-0.2, -0.15) is 0 Å². The molecule has 0 unspecified atom stereocenters. The Kier molecular flexibility index (Phi) is 6.64. The van der Waals surface area contributed by atoms with Crippen LogP contribution in [0.1, 0.15) is 66.7 Å². The molecule has 3 aromatic heterocycles. The van der Waals surface area contributed by atoms with Crippen LogP contribution in [0, 0.1) is 0 Å². The summed E-state index contributed by atoms with van der Waals surface area (Å²) in [4.78, 5) is 17.5. The zero-order valence-electron chi connectivity index (χ0n) is 15.2. The number of hydrogen-bond acceptors (Lipinski definition) is 1. The van der Waals surface area contributed by atoms with E-state index in [-0.39, 0.29) is 0 Å². The van der Waals surface area contributed by atoms with Crippen LogP contribution in [0.5, 0.6) is 0 Å². The number of ketones is 1. The second-order valence-corrected chi connectivity index (χ2v) is 13.8. The van der Waals surface area contributed by atoms with Crippen molar-refractivity contribution in [2.45, 2.75) is 58.3 Å². The Bertz CT molecular complexity index is 969. The van der Waals surface area contributed by atoms with E-state index in [2.05, 4.69) is 35.0 Å². The molecule has 0 atom stereocenters. The molecule has 1 aromatic carbocycles. The van der Waals surface area contributed by atoms with Gasteiger partial charge in [-0.1, -0.05) is 0 Å². The van der Waals surface area contributed by atoms with Crippen molar-refractivity contribution in [2.75, 3.05) is 0 Å². The minimum atomic E-state index is -0.497. The molecule has 0 fully saturated rings. The topological polar surface area (TPSA) is 17.1 Å². The second kappa shape index (κ2) is 8.96. The zero-order valence-corrected chi connectivity index (χ0v) is 20.9. The molecule has 0 spiro atoms. The maximum atomic E-state index is 12.8. The van der Waals surface area contributed by atoms with Crippen molar-refractivity contribution in [2.24, 2.45) is 0 Å². The number of rotatable bonds is 9. The molecule has 0 aliphatic carbocycles. The normalized spacial score (nSPS) is 11.9. The van der Waals surface area contributed by atoms with Gasteiger partial charge < -0.3 is 0 Å². The quantitative estimate of drug-likeness (QED) is 0.140. The van der Waals surface area contributed by atoms with Crippen molar-refractivity contribution in [3.8, 4) is 0 Å². The number of fused-ring (bicyclic) bond motifs is 6. The molecule has 0 saturated carbocycles. The molecular formula is C22H24OSe2Te. The van der Waals surface area contributed by atoms with Crippen LogP contribution in [-0.4, -0.2) is 55.2 Å². The fraction of sp³-hybridized carbons (Fsp3) is 0.409. The minimum absolute atomic E-state index is 0.444. The van der Waals surface area contributed by atoms with Gasteiger partial charge in [0.1, 0.15) is 0 Å². The second-order valence-electron chi connectivity index (χ2n) is 6.97. The molecule has 4 rings (SSSR count). The van der Waals surface area contributed by atoms with Crippen LogP contribution < -0.4 is 0 Å². The van der Waals surface area contributed by atoms with Crippen molar-refractivity contribution in [3.63, 3.8) is 0 Å². The van der Waals surface area contributed by atoms with Crippen LogP contribution in [0.4, 0.5) is 0 Å². The molecule has 0 radical (unpaired) electrons. The summed E-state index contributed by atoms with van der Waals surface area (Å²) in [5.74, 6) is 0.444. The Morgan fingerprint density at radius 2 is 1.54 bits per heavy atom. The van der Waals surface area contributed by atoms with Crippen LogP contribution in [-0.2, 0) is 0 Å². The fourth-order valence-electron chi connectivity index (χ4n) is 3.66. The molecule has 0 bridgehead atoms. The predicted molar refractivity (Wildman–Crippen MR) is 117 cm³/mol. The van der Waals surface area contributed by atoms with E-state index < -0.39 is 20.4 Å². The van der Waals surface area contributed by atoms with Gasteiger partial charge in [0.15, 0.2) is 0 Å². The summed E-state index contributed by atoms with van der Waals surface area (Å²) in [5, 5.41) is 4.40. The molecule has 0 N–H and O–H groups in total. The number of carbonyl (C=O) groups is 1. The first-order valence-corrected chi connectivity index (χ1v) is 15.6. The molecule has 136 valence electrons. The third kappa shape index (κ3) is 3.89. The number of carbonyl (C=O) groups excluding carboxylic acids is 1. The van der Waals surface area contributed by atoms with E-state index >= 15 is 0 Å². The average molecular weight is 590 g/mol. The molecule has 1 nitrogen and oxygen atoms in total. The Hall–Kier alpha value is -0.0614. The van der Waals surface area contributed by atoms with Gasteiger partial charge >= 0.3 is 178 Å². The van der Waals surface area contributed by atoms with E-state index in [9.17, 15) is 4.79 Å². The third-order valence-corrected chi connectivity index (χ3v) is 13.1. The summed E-state index contributed by atoms with van der Waals surface area (Å²) in [7, 11) is 0. The summed E-state index contributed by atoms with van der Waals surface area (Å²) in [5.41, 5.74) is 0. The van der Waals surface area contributed by atoms with E-state index in [4.69, 9.17) is 0 Å². The summed E-state index contributed by atoms with van der Waals surface area (Å²) < 4.78 is 5.99. The predicted octanol–water partition coefficient (Wildman–Crippen LogP) is 5.64. The zero-order chi connectivity index (χ0) is 17.9. The Labute approximate surface area is 176 Å². The standard InChI is InChI=1S/C22H24OSe2Te/c1-2-3-4-5-6-7-8-9-18(23)19-14-17-15-10-12-24-20(15)21-16(11-13-25-21)22(17)26-19/h10-14H,2-9H2,1H3. The first kappa shape index (κ1) is 19.3. The van der Waals surface area contributed by atoms with Crippen LogP contribution in [0.2, 0.25) is 0 Å². The van der Waals surface area contributed by atoms with E-state index in [1.165, 1.54) is 58.3 Å². The Morgan fingerprint density at radius 3 is 2.31 bits per heavy atom. The first-order valence-electron chi connectivity index (χ1n) is 9.62. The summed E-state index contributed by atoms with van der Waals surface area (Å²) >= 11 is 0.518. The van der Waals surface area contributed by atoms with E-state index in [1.54, 1.807) is 11.9 Å². The monoisotopic (exact) mass is 594 g/mol. The number of Topliss-reactive ketones (excluding diaryl/α,β-unsaturated/α-hetero) is 1. The molecule has 4 aromatic rings. The van der Waals surface area contributed by atoms with Crippen LogP contribution in [0.25, 0.3) is 28.1 Å². The van der Waals surface area contributed by atoms with Gasteiger partial charge in [0.25, 0.3) is 0 Å². The summed E-state index contributed by atoms with van der Waals surface area (Å²) in [6, 6.07) is 6.96.